The fraction of sp³-hybridized carbons (Fsp3) is 0.833. The van der Waals surface area contributed by atoms with Gasteiger partial charge in [0.15, 0.2) is 5.60 Å². The van der Waals surface area contributed by atoms with Gasteiger partial charge in [-0.25, -0.2) is 4.79 Å². The fourth-order valence-corrected chi connectivity index (χ4v) is 1.11. The lowest BCUT2D eigenvalue weighted by Crippen LogP contribution is -2.44. The molecule has 1 aliphatic rings. The van der Waals surface area contributed by atoms with Crippen LogP contribution in [0.1, 0.15) is 12.8 Å². The van der Waals surface area contributed by atoms with E-state index in [1.54, 1.807) is 0 Å². The van der Waals surface area contributed by atoms with Crippen molar-refractivity contribution >= 4 is 18.4 Å². The predicted molar refractivity (Wildman–Crippen MR) is 41.9 cm³/mol. The normalized spacial score (nSPS) is 29.5. The Labute approximate surface area is 71.1 Å². The van der Waals surface area contributed by atoms with Crippen LogP contribution in [0.3, 0.4) is 0 Å². The molecule has 1 aliphatic heterocycles. The van der Waals surface area contributed by atoms with Crippen LogP contribution < -0.4 is 5.73 Å². The molecule has 1 atom stereocenters. The van der Waals surface area contributed by atoms with Crippen LogP contribution >= 0.6 is 12.4 Å². The number of hydrogen-bond acceptors (Lipinski definition) is 3. The van der Waals surface area contributed by atoms with Crippen molar-refractivity contribution in [3.05, 3.63) is 0 Å². The van der Waals surface area contributed by atoms with E-state index in [4.69, 9.17) is 15.6 Å². The molecule has 0 radical (unpaired) electrons. The number of carboxylic acid groups (broad SMARTS) is 1. The zero-order valence-electron chi connectivity index (χ0n) is 6.08. The standard InChI is InChI=1S/C6H11NO3.ClH/c7-4-6(5(8)9)2-1-3-10-6;/h1-4,7H2,(H,8,9);1H. The summed E-state index contributed by atoms with van der Waals surface area (Å²) in [5.41, 5.74) is 4.19. The monoisotopic (exact) mass is 181 g/mol. The molecule has 1 heterocycles. The molecule has 0 aliphatic carbocycles. The number of aliphatic carboxylic acids is 1. The van der Waals surface area contributed by atoms with Gasteiger partial charge in [0.05, 0.1) is 0 Å². The maximum atomic E-state index is 10.5. The Bertz CT molecular complexity index is 145. The third kappa shape index (κ3) is 1.83. The molecule has 66 valence electrons. The van der Waals surface area contributed by atoms with Crippen LogP contribution in [0, 0.1) is 0 Å². The Morgan fingerprint density at radius 2 is 2.36 bits per heavy atom. The van der Waals surface area contributed by atoms with Crippen molar-refractivity contribution in [2.24, 2.45) is 5.73 Å². The third-order valence-corrected chi connectivity index (χ3v) is 1.82. The zero-order valence-corrected chi connectivity index (χ0v) is 6.89. The summed E-state index contributed by atoms with van der Waals surface area (Å²) >= 11 is 0. The van der Waals surface area contributed by atoms with Crippen LogP contribution in [0.2, 0.25) is 0 Å². The van der Waals surface area contributed by atoms with E-state index in [2.05, 4.69) is 0 Å². The molecule has 5 heteroatoms. The van der Waals surface area contributed by atoms with Crippen molar-refractivity contribution in [2.75, 3.05) is 13.2 Å². The summed E-state index contributed by atoms with van der Waals surface area (Å²) in [5, 5.41) is 8.66. The van der Waals surface area contributed by atoms with Crippen molar-refractivity contribution in [3.63, 3.8) is 0 Å². The molecule has 1 rings (SSSR count). The average molecular weight is 182 g/mol. The first kappa shape index (κ1) is 10.7. The maximum absolute atomic E-state index is 10.5. The van der Waals surface area contributed by atoms with Crippen LogP contribution in [-0.4, -0.2) is 29.8 Å². The Hall–Kier alpha value is -0.320. The van der Waals surface area contributed by atoms with Gasteiger partial charge in [0.25, 0.3) is 0 Å². The van der Waals surface area contributed by atoms with Gasteiger partial charge in [0, 0.05) is 13.2 Å². The smallest absolute Gasteiger partial charge is 0.337 e. The number of carboxylic acids is 1. The van der Waals surface area contributed by atoms with Gasteiger partial charge in [-0.2, -0.15) is 0 Å². The Morgan fingerprint density at radius 3 is 2.55 bits per heavy atom. The van der Waals surface area contributed by atoms with E-state index in [0.29, 0.717) is 13.0 Å². The van der Waals surface area contributed by atoms with Crippen molar-refractivity contribution in [1.82, 2.24) is 0 Å². The molecule has 1 saturated heterocycles. The van der Waals surface area contributed by atoms with E-state index in [-0.39, 0.29) is 19.0 Å². The van der Waals surface area contributed by atoms with E-state index in [1.165, 1.54) is 0 Å². The lowest BCUT2D eigenvalue weighted by Gasteiger charge is -2.20. The summed E-state index contributed by atoms with van der Waals surface area (Å²) in [6.07, 6.45) is 1.34. The fourth-order valence-electron chi connectivity index (χ4n) is 1.11. The van der Waals surface area contributed by atoms with E-state index in [1.807, 2.05) is 0 Å². The first-order chi connectivity index (χ1) is 4.71. The van der Waals surface area contributed by atoms with Crippen molar-refractivity contribution in [2.45, 2.75) is 18.4 Å². The minimum Gasteiger partial charge on any atom is -0.479 e. The lowest BCUT2D eigenvalue weighted by molar-refractivity contribution is -0.158. The minimum absolute atomic E-state index is 0. The molecule has 4 nitrogen and oxygen atoms in total. The van der Waals surface area contributed by atoms with Crippen molar-refractivity contribution < 1.29 is 14.6 Å². The van der Waals surface area contributed by atoms with Crippen LogP contribution in [0.4, 0.5) is 0 Å². The largest absolute Gasteiger partial charge is 0.479 e. The van der Waals surface area contributed by atoms with Crippen LogP contribution in [0.5, 0.6) is 0 Å². The predicted octanol–water partition coefficient (Wildman–Crippen LogP) is 0.000700. The number of ether oxygens (including phenoxy) is 1. The third-order valence-electron chi connectivity index (χ3n) is 1.82. The van der Waals surface area contributed by atoms with Crippen LogP contribution in [0.15, 0.2) is 0 Å². The minimum atomic E-state index is -1.07. The first-order valence-corrected chi connectivity index (χ1v) is 3.29. The maximum Gasteiger partial charge on any atom is 0.337 e. The molecule has 0 saturated carbocycles. The summed E-state index contributed by atoms with van der Waals surface area (Å²) in [4.78, 5) is 10.5. The number of halogens is 1. The average Bonchev–Trinajstić information content (AvgIpc) is 2.35. The summed E-state index contributed by atoms with van der Waals surface area (Å²) in [6, 6.07) is 0. The van der Waals surface area contributed by atoms with Gasteiger partial charge in [-0.1, -0.05) is 0 Å². The highest BCUT2D eigenvalue weighted by Crippen LogP contribution is 2.24. The number of rotatable bonds is 2. The summed E-state index contributed by atoms with van der Waals surface area (Å²) in [6.45, 7) is 0.589. The van der Waals surface area contributed by atoms with Gasteiger partial charge in [-0.15, -0.1) is 12.4 Å². The van der Waals surface area contributed by atoms with E-state index >= 15 is 0 Å². The summed E-state index contributed by atoms with van der Waals surface area (Å²) in [5.74, 6) is -0.938. The molecular weight excluding hydrogens is 170 g/mol. The molecule has 0 aromatic carbocycles. The second kappa shape index (κ2) is 3.90. The van der Waals surface area contributed by atoms with Gasteiger partial charge in [-0.3, -0.25) is 0 Å². The van der Waals surface area contributed by atoms with Crippen LogP contribution in [-0.2, 0) is 9.53 Å². The highest BCUT2D eigenvalue weighted by atomic mass is 35.5. The molecular formula is C6H12ClNO3. The molecule has 1 fully saturated rings. The quantitative estimate of drug-likeness (QED) is 0.629. The number of nitrogens with two attached hydrogens (primary N) is 1. The molecule has 1 unspecified atom stereocenters. The lowest BCUT2D eigenvalue weighted by atomic mass is 10.0. The topological polar surface area (TPSA) is 72.6 Å². The summed E-state index contributed by atoms with van der Waals surface area (Å²) < 4.78 is 5.03. The number of hydrogen-bond donors (Lipinski definition) is 2. The van der Waals surface area contributed by atoms with Gasteiger partial charge < -0.3 is 15.6 Å². The Kier molecular flexibility index (Phi) is 3.78. The molecule has 0 aromatic heterocycles. The Balaban J connectivity index is 0.000001000. The molecule has 11 heavy (non-hydrogen) atoms. The van der Waals surface area contributed by atoms with E-state index < -0.39 is 11.6 Å². The first-order valence-electron chi connectivity index (χ1n) is 3.29. The molecule has 0 bridgehead atoms. The van der Waals surface area contributed by atoms with E-state index in [0.717, 1.165) is 6.42 Å². The molecule has 0 spiro atoms. The summed E-state index contributed by atoms with van der Waals surface area (Å²) in [7, 11) is 0. The second-order valence-electron chi connectivity index (χ2n) is 2.46. The van der Waals surface area contributed by atoms with Crippen LogP contribution in [0.25, 0.3) is 0 Å². The van der Waals surface area contributed by atoms with Gasteiger partial charge in [0.1, 0.15) is 0 Å². The highest BCUT2D eigenvalue weighted by molar-refractivity contribution is 5.85. The van der Waals surface area contributed by atoms with Gasteiger partial charge in [0.2, 0.25) is 0 Å². The molecule has 0 amide bonds. The molecule has 3 N–H and O–H groups in total. The van der Waals surface area contributed by atoms with Gasteiger partial charge >= 0.3 is 5.97 Å². The van der Waals surface area contributed by atoms with Gasteiger partial charge in [-0.05, 0) is 12.8 Å². The molecule has 0 aromatic rings. The SMILES string of the molecule is Cl.NCC1(C(=O)O)CCCO1. The van der Waals surface area contributed by atoms with E-state index in [9.17, 15) is 4.79 Å². The van der Waals surface area contributed by atoms with Crippen molar-refractivity contribution in [3.8, 4) is 0 Å². The van der Waals surface area contributed by atoms with Crippen molar-refractivity contribution in [1.29, 1.82) is 0 Å². The zero-order chi connectivity index (χ0) is 7.61. The Morgan fingerprint density at radius 1 is 1.73 bits per heavy atom. The highest BCUT2D eigenvalue weighted by Gasteiger charge is 2.41. The number of carbonyl (C=O) groups is 1. The second-order valence-corrected chi connectivity index (χ2v) is 2.46.